The lowest BCUT2D eigenvalue weighted by molar-refractivity contribution is 0.268. The summed E-state index contributed by atoms with van der Waals surface area (Å²) < 4.78 is 28.2. The van der Waals surface area contributed by atoms with E-state index in [1.54, 1.807) is 29.8 Å². The lowest BCUT2D eigenvalue weighted by atomic mass is 9.87. The number of benzene rings is 2. The van der Waals surface area contributed by atoms with Crippen LogP contribution in [0.25, 0.3) is 22.0 Å². The van der Waals surface area contributed by atoms with Crippen molar-refractivity contribution in [1.82, 2.24) is 9.78 Å². The predicted octanol–water partition coefficient (Wildman–Crippen LogP) is 4.58. The third kappa shape index (κ3) is 4.12. The van der Waals surface area contributed by atoms with Crippen molar-refractivity contribution < 1.29 is 8.42 Å². The van der Waals surface area contributed by atoms with E-state index in [2.05, 4.69) is 11.6 Å². The largest absolute Gasteiger partial charge is 0.284 e. The maximum absolute atomic E-state index is 13.2. The van der Waals surface area contributed by atoms with Gasteiger partial charge in [-0.05, 0) is 56.7 Å². The summed E-state index contributed by atoms with van der Waals surface area (Å²) in [6.07, 6.45) is 4.08. The van der Waals surface area contributed by atoms with E-state index in [0.717, 1.165) is 36.6 Å². The summed E-state index contributed by atoms with van der Waals surface area (Å²) in [5, 5.41) is 6.22. The molecule has 1 aromatic heterocycles. The van der Waals surface area contributed by atoms with Crippen molar-refractivity contribution in [3.63, 3.8) is 0 Å². The van der Waals surface area contributed by atoms with Crippen LogP contribution in [0.4, 0.5) is 5.69 Å². The number of fused-ring (bicyclic) bond motifs is 1. The molecule has 0 bridgehead atoms. The lowest BCUT2D eigenvalue weighted by Gasteiger charge is -2.27. The van der Waals surface area contributed by atoms with Gasteiger partial charge < -0.3 is 0 Å². The fourth-order valence-electron chi connectivity index (χ4n) is 4.14. The van der Waals surface area contributed by atoms with E-state index >= 15 is 0 Å². The standard InChI is InChI=1S/C23H27N3O3S/c1-3-30(28,29)25-18-8-6-7-17(15-18)22-20-9-4-5-10-21(20)23(27)26(24-22)19-13-11-16(2)12-14-19/h4-10,15-16,19,25H,3,11-14H2,1-2H3. The molecular formula is C23H27N3O3S. The Bertz CT molecular complexity index is 1230. The molecule has 4 rings (SSSR count). The van der Waals surface area contributed by atoms with Gasteiger partial charge >= 0.3 is 0 Å². The summed E-state index contributed by atoms with van der Waals surface area (Å²) in [5.41, 5.74) is 1.91. The molecule has 0 amide bonds. The highest BCUT2D eigenvalue weighted by molar-refractivity contribution is 7.92. The molecule has 0 saturated heterocycles. The summed E-state index contributed by atoms with van der Waals surface area (Å²) in [4.78, 5) is 13.2. The summed E-state index contributed by atoms with van der Waals surface area (Å²) in [6, 6.07) is 14.8. The maximum Gasteiger partial charge on any atom is 0.274 e. The van der Waals surface area contributed by atoms with Gasteiger partial charge in [-0.25, -0.2) is 13.1 Å². The van der Waals surface area contributed by atoms with Crippen LogP contribution in [0.2, 0.25) is 0 Å². The van der Waals surface area contributed by atoms with Crippen LogP contribution < -0.4 is 10.3 Å². The zero-order valence-corrected chi connectivity index (χ0v) is 18.2. The minimum atomic E-state index is -3.38. The molecule has 158 valence electrons. The van der Waals surface area contributed by atoms with Crippen molar-refractivity contribution in [2.75, 3.05) is 10.5 Å². The lowest BCUT2D eigenvalue weighted by Crippen LogP contribution is -2.30. The normalized spacial score (nSPS) is 19.7. The molecule has 0 atom stereocenters. The van der Waals surface area contributed by atoms with E-state index in [0.29, 0.717) is 22.7 Å². The number of nitrogens with one attached hydrogen (secondary N) is 1. The van der Waals surface area contributed by atoms with Crippen molar-refractivity contribution in [2.45, 2.75) is 45.6 Å². The van der Waals surface area contributed by atoms with Crippen molar-refractivity contribution >= 4 is 26.5 Å². The molecule has 1 aliphatic carbocycles. The Hall–Kier alpha value is -2.67. The first-order valence-electron chi connectivity index (χ1n) is 10.5. The van der Waals surface area contributed by atoms with E-state index < -0.39 is 10.0 Å². The Kier molecular flexibility index (Phi) is 5.64. The van der Waals surface area contributed by atoms with Crippen molar-refractivity contribution in [3.05, 3.63) is 58.9 Å². The molecule has 30 heavy (non-hydrogen) atoms. The minimum Gasteiger partial charge on any atom is -0.284 e. The quantitative estimate of drug-likeness (QED) is 0.649. The monoisotopic (exact) mass is 425 g/mol. The molecule has 0 unspecified atom stereocenters. The fourth-order valence-corrected chi connectivity index (χ4v) is 4.77. The third-order valence-electron chi connectivity index (χ3n) is 5.95. The van der Waals surface area contributed by atoms with Crippen molar-refractivity contribution in [1.29, 1.82) is 0 Å². The minimum absolute atomic E-state index is 0.00336. The second-order valence-electron chi connectivity index (χ2n) is 8.14. The van der Waals surface area contributed by atoms with Gasteiger partial charge in [0.05, 0.1) is 22.9 Å². The Morgan fingerprint density at radius 3 is 2.43 bits per heavy atom. The fraction of sp³-hybridized carbons (Fsp3) is 0.391. The van der Waals surface area contributed by atoms with Gasteiger partial charge in [0.1, 0.15) is 0 Å². The van der Waals surface area contributed by atoms with Crippen LogP contribution in [-0.4, -0.2) is 24.0 Å². The van der Waals surface area contributed by atoms with Gasteiger partial charge in [0, 0.05) is 16.6 Å². The molecule has 0 radical (unpaired) electrons. The number of rotatable bonds is 5. The van der Waals surface area contributed by atoms with E-state index in [-0.39, 0.29) is 17.4 Å². The van der Waals surface area contributed by atoms with E-state index in [1.807, 2.05) is 30.3 Å². The average molecular weight is 426 g/mol. The second-order valence-corrected chi connectivity index (χ2v) is 10.2. The molecule has 6 nitrogen and oxygen atoms in total. The topological polar surface area (TPSA) is 81.1 Å². The molecule has 1 fully saturated rings. The van der Waals surface area contributed by atoms with Gasteiger partial charge in [-0.15, -0.1) is 0 Å². The van der Waals surface area contributed by atoms with E-state index in [1.165, 1.54) is 0 Å². The molecule has 3 aromatic rings. The van der Waals surface area contributed by atoms with Crippen LogP contribution in [0.1, 0.15) is 45.6 Å². The zero-order valence-electron chi connectivity index (χ0n) is 17.3. The van der Waals surface area contributed by atoms with E-state index in [9.17, 15) is 13.2 Å². The first kappa shape index (κ1) is 20.6. The van der Waals surface area contributed by atoms with Gasteiger partial charge in [-0.3, -0.25) is 9.52 Å². The summed E-state index contributed by atoms with van der Waals surface area (Å²) in [6.45, 7) is 3.85. The highest BCUT2D eigenvalue weighted by Gasteiger charge is 2.23. The van der Waals surface area contributed by atoms with Crippen LogP contribution in [0.3, 0.4) is 0 Å². The highest BCUT2D eigenvalue weighted by Crippen LogP contribution is 2.33. The smallest absolute Gasteiger partial charge is 0.274 e. The summed E-state index contributed by atoms with van der Waals surface area (Å²) in [5.74, 6) is 0.684. The molecule has 0 aliphatic heterocycles. The third-order valence-corrected chi connectivity index (χ3v) is 7.26. The van der Waals surface area contributed by atoms with E-state index in [4.69, 9.17) is 5.10 Å². The number of hydrogen-bond donors (Lipinski definition) is 1. The van der Waals surface area contributed by atoms with Gasteiger partial charge in [-0.2, -0.15) is 5.10 Å². The molecule has 2 aromatic carbocycles. The predicted molar refractivity (Wildman–Crippen MR) is 121 cm³/mol. The highest BCUT2D eigenvalue weighted by atomic mass is 32.2. The van der Waals surface area contributed by atoms with Crippen LogP contribution in [0, 0.1) is 5.92 Å². The second kappa shape index (κ2) is 8.22. The molecule has 1 aliphatic rings. The van der Waals surface area contributed by atoms with Gasteiger partial charge in [-0.1, -0.05) is 37.3 Å². The summed E-state index contributed by atoms with van der Waals surface area (Å²) in [7, 11) is -3.38. The molecule has 1 saturated carbocycles. The number of sulfonamides is 1. The first-order valence-corrected chi connectivity index (χ1v) is 12.2. The molecule has 1 N–H and O–H groups in total. The Labute approximate surface area is 177 Å². The zero-order chi connectivity index (χ0) is 21.3. The molecule has 7 heteroatoms. The number of aromatic nitrogens is 2. The van der Waals surface area contributed by atoms with Gasteiger partial charge in [0.15, 0.2) is 0 Å². The van der Waals surface area contributed by atoms with Crippen molar-refractivity contribution in [2.24, 2.45) is 5.92 Å². The van der Waals surface area contributed by atoms with Crippen molar-refractivity contribution in [3.8, 4) is 11.3 Å². The Morgan fingerprint density at radius 2 is 1.73 bits per heavy atom. The van der Waals surface area contributed by atoms with Crippen LogP contribution in [0.15, 0.2) is 53.3 Å². The summed E-state index contributed by atoms with van der Waals surface area (Å²) >= 11 is 0. The maximum atomic E-state index is 13.2. The number of nitrogens with zero attached hydrogens (tertiary/aromatic N) is 2. The number of hydrogen-bond acceptors (Lipinski definition) is 4. The molecule has 0 spiro atoms. The average Bonchev–Trinajstić information content (AvgIpc) is 2.75. The number of anilines is 1. The van der Waals surface area contributed by atoms with Crippen LogP contribution in [-0.2, 0) is 10.0 Å². The Morgan fingerprint density at radius 1 is 1.03 bits per heavy atom. The van der Waals surface area contributed by atoms with Gasteiger partial charge in [0.25, 0.3) is 5.56 Å². The molecule has 1 heterocycles. The van der Waals surface area contributed by atoms with Crippen LogP contribution >= 0.6 is 0 Å². The molecular weight excluding hydrogens is 398 g/mol. The van der Waals surface area contributed by atoms with Crippen LogP contribution in [0.5, 0.6) is 0 Å². The first-order chi connectivity index (χ1) is 14.4. The Balaban J connectivity index is 1.85. The SMILES string of the molecule is CCS(=O)(=O)Nc1cccc(-c2nn(C3CCC(C)CC3)c(=O)c3ccccc23)c1. The van der Waals surface area contributed by atoms with Gasteiger partial charge in [0.2, 0.25) is 10.0 Å².